The summed E-state index contributed by atoms with van der Waals surface area (Å²) < 4.78 is 1.79. The number of amides is 3. The number of hydrogen-bond acceptors (Lipinski definition) is 3. The monoisotopic (exact) mass is 591 g/mol. The van der Waals surface area contributed by atoms with E-state index in [9.17, 15) is 9.59 Å². The minimum absolute atomic E-state index is 0.165. The van der Waals surface area contributed by atoms with Crippen LogP contribution in [0, 0.1) is 19.8 Å². The maximum Gasteiger partial charge on any atom is 0.324 e. The third-order valence-electron chi connectivity index (χ3n) is 8.42. The van der Waals surface area contributed by atoms with Gasteiger partial charge in [-0.3, -0.25) is 10.1 Å². The number of likely N-dealkylation sites (tertiary alicyclic amines) is 1. The van der Waals surface area contributed by atoms with Crippen molar-refractivity contribution in [3.05, 3.63) is 107 Å². The van der Waals surface area contributed by atoms with Gasteiger partial charge in [-0.1, -0.05) is 80.4 Å². The molecule has 0 spiro atoms. The van der Waals surface area contributed by atoms with E-state index in [0.717, 1.165) is 61.4 Å². The van der Waals surface area contributed by atoms with Crippen LogP contribution in [0.5, 0.6) is 0 Å². The fraction of sp³-hybridized carbons (Fsp3) is 0.378. The van der Waals surface area contributed by atoms with Gasteiger partial charge in [0.1, 0.15) is 5.82 Å². The lowest BCUT2D eigenvalue weighted by atomic mass is 9.90. The Bertz CT molecular complexity index is 1570. The van der Waals surface area contributed by atoms with E-state index in [1.807, 2.05) is 54.3 Å². The summed E-state index contributed by atoms with van der Waals surface area (Å²) in [7, 11) is 0. The van der Waals surface area contributed by atoms with Gasteiger partial charge in [0, 0.05) is 36.7 Å². The number of benzene rings is 3. The highest BCUT2D eigenvalue weighted by molar-refractivity contribution is 5.99. The lowest BCUT2D eigenvalue weighted by Gasteiger charge is -2.32. The number of rotatable bonds is 8. The normalized spacial score (nSPS) is 14.0. The maximum absolute atomic E-state index is 13.1. The number of aryl methyl sites for hydroxylation is 3. The number of urea groups is 1. The first-order valence-corrected chi connectivity index (χ1v) is 15.7. The van der Waals surface area contributed by atoms with Crippen molar-refractivity contribution in [2.45, 2.75) is 72.1 Å². The number of hydrogen-bond donors (Lipinski definition) is 2. The molecule has 3 amide bonds. The Morgan fingerprint density at radius 3 is 2.16 bits per heavy atom. The zero-order chi connectivity index (χ0) is 31.3. The van der Waals surface area contributed by atoms with Gasteiger partial charge in [0.05, 0.1) is 11.4 Å². The van der Waals surface area contributed by atoms with Crippen molar-refractivity contribution in [3.63, 3.8) is 0 Å². The molecule has 3 aromatic carbocycles. The molecule has 2 heterocycles. The number of nitrogens with zero attached hydrogens (tertiary/aromatic N) is 3. The molecule has 2 N–H and O–H groups in total. The van der Waals surface area contributed by atoms with Gasteiger partial charge in [0.2, 0.25) is 5.91 Å². The second kappa shape index (κ2) is 13.5. The Labute approximate surface area is 261 Å². The molecular weight excluding hydrogens is 546 g/mol. The van der Waals surface area contributed by atoms with Crippen LogP contribution in [0.3, 0.4) is 0 Å². The highest BCUT2D eigenvalue weighted by Crippen LogP contribution is 2.27. The van der Waals surface area contributed by atoms with Gasteiger partial charge in [0.25, 0.3) is 0 Å². The summed E-state index contributed by atoms with van der Waals surface area (Å²) in [6.07, 6.45) is 4.27. The molecule has 0 bridgehead atoms. The third kappa shape index (κ3) is 8.16. The van der Waals surface area contributed by atoms with Gasteiger partial charge >= 0.3 is 6.03 Å². The molecule has 0 radical (unpaired) electrons. The van der Waals surface area contributed by atoms with Crippen LogP contribution < -0.4 is 10.6 Å². The summed E-state index contributed by atoms with van der Waals surface area (Å²) in [4.78, 5) is 28.0. The van der Waals surface area contributed by atoms with Crippen molar-refractivity contribution >= 4 is 23.4 Å². The molecule has 5 rings (SSSR count). The van der Waals surface area contributed by atoms with Crippen LogP contribution in [0.2, 0.25) is 0 Å². The molecule has 44 heavy (non-hydrogen) atoms. The van der Waals surface area contributed by atoms with Crippen LogP contribution in [-0.4, -0.2) is 39.7 Å². The molecule has 1 aromatic heterocycles. The number of anilines is 2. The number of aromatic nitrogens is 2. The van der Waals surface area contributed by atoms with E-state index in [2.05, 4.69) is 74.7 Å². The first-order chi connectivity index (χ1) is 21.0. The Morgan fingerprint density at radius 1 is 0.841 bits per heavy atom. The maximum atomic E-state index is 13.1. The van der Waals surface area contributed by atoms with Crippen molar-refractivity contribution in [2.24, 2.45) is 5.92 Å². The molecule has 1 aliphatic heterocycles. The van der Waals surface area contributed by atoms with Crippen LogP contribution in [0.1, 0.15) is 68.0 Å². The largest absolute Gasteiger partial charge is 0.343 e. The van der Waals surface area contributed by atoms with E-state index in [0.29, 0.717) is 18.2 Å². The van der Waals surface area contributed by atoms with Gasteiger partial charge in [-0.05, 0) is 80.8 Å². The Balaban J connectivity index is 1.15. The smallest absolute Gasteiger partial charge is 0.324 e. The van der Waals surface area contributed by atoms with Crippen LogP contribution in [0.25, 0.3) is 5.69 Å². The molecular formula is C37H45N5O2. The van der Waals surface area contributed by atoms with E-state index in [1.165, 1.54) is 16.7 Å². The predicted octanol–water partition coefficient (Wildman–Crippen LogP) is 7.84. The fourth-order valence-electron chi connectivity index (χ4n) is 5.66. The second-order valence-electron chi connectivity index (χ2n) is 13.2. The quantitative estimate of drug-likeness (QED) is 0.219. The van der Waals surface area contributed by atoms with Gasteiger partial charge < -0.3 is 10.2 Å². The molecule has 0 unspecified atom stereocenters. The summed E-state index contributed by atoms with van der Waals surface area (Å²) in [6.45, 7) is 12.1. The standard InChI is InChI=1S/C37H45N5O2/c1-26-9-13-28(14-10-26)15-18-35(43)41-21-19-29(20-22-41)23-30-7-6-8-31(24-30)38-36(44)39-34-25-33(37(3,4)5)40-42(34)32-16-11-27(2)12-17-32/h6-14,16-17,24-25,29H,15,18-23H2,1-5H3,(H2,38,39,44). The number of carbonyl (C=O) groups is 2. The zero-order valence-corrected chi connectivity index (χ0v) is 26.7. The third-order valence-corrected chi connectivity index (χ3v) is 8.42. The van der Waals surface area contributed by atoms with E-state index >= 15 is 0 Å². The minimum atomic E-state index is -0.312. The highest BCUT2D eigenvalue weighted by Gasteiger charge is 2.24. The van der Waals surface area contributed by atoms with Gasteiger partial charge in [0.15, 0.2) is 0 Å². The number of carbonyl (C=O) groups excluding carboxylic acids is 2. The Kier molecular flexibility index (Phi) is 9.52. The van der Waals surface area contributed by atoms with E-state index < -0.39 is 0 Å². The topological polar surface area (TPSA) is 79.3 Å². The molecule has 0 saturated carbocycles. The molecule has 1 fully saturated rings. The lowest BCUT2D eigenvalue weighted by molar-refractivity contribution is -0.132. The van der Waals surface area contributed by atoms with Crippen molar-refractivity contribution < 1.29 is 9.59 Å². The van der Waals surface area contributed by atoms with Crippen molar-refractivity contribution in [3.8, 4) is 5.69 Å². The average Bonchev–Trinajstić information content (AvgIpc) is 3.42. The number of piperidine rings is 1. The van der Waals surface area contributed by atoms with E-state index in [4.69, 9.17) is 5.10 Å². The van der Waals surface area contributed by atoms with Crippen LogP contribution >= 0.6 is 0 Å². The van der Waals surface area contributed by atoms with Crippen LogP contribution in [-0.2, 0) is 23.1 Å². The summed E-state index contributed by atoms with van der Waals surface area (Å²) in [5.74, 6) is 1.38. The van der Waals surface area contributed by atoms with Crippen molar-refractivity contribution in [1.29, 1.82) is 0 Å². The Hall–Kier alpha value is -4.39. The summed E-state index contributed by atoms with van der Waals surface area (Å²) >= 11 is 0. The average molecular weight is 592 g/mol. The number of nitrogens with one attached hydrogen (secondary N) is 2. The summed E-state index contributed by atoms with van der Waals surface area (Å²) in [5.41, 5.74) is 7.18. The lowest BCUT2D eigenvalue weighted by Crippen LogP contribution is -2.39. The fourth-order valence-corrected chi connectivity index (χ4v) is 5.66. The molecule has 0 aliphatic carbocycles. The predicted molar refractivity (Wildman–Crippen MR) is 179 cm³/mol. The van der Waals surface area contributed by atoms with Crippen LogP contribution in [0.15, 0.2) is 78.9 Å². The first kappa shape index (κ1) is 31.0. The second-order valence-corrected chi connectivity index (χ2v) is 13.2. The van der Waals surface area contributed by atoms with Gasteiger partial charge in [-0.2, -0.15) is 5.10 Å². The molecule has 1 aliphatic rings. The summed E-state index contributed by atoms with van der Waals surface area (Å²) in [6, 6.07) is 26.2. The SMILES string of the molecule is Cc1ccc(CCC(=O)N2CCC(Cc3cccc(NC(=O)Nc4cc(C(C)(C)C)nn4-c4ccc(C)cc4)c3)CC2)cc1. The molecule has 230 valence electrons. The minimum Gasteiger partial charge on any atom is -0.343 e. The molecule has 1 saturated heterocycles. The zero-order valence-electron chi connectivity index (χ0n) is 26.7. The summed E-state index contributed by atoms with van der Waals surface area (Å²) in [5, 5.41) is 10.8. The van der Waals surface area contributed by atoms with Gasteiger partial charge in [-0.25, -0.2) is 9.48 Å². The molecule has 7 heteroatoms. The Morgan fingerprint density at radius 2 is 1.50 bits per heavy atom. The van der Waals surface area contributed by atoms with Crippen molar-refractivity contribution in [1.82, 2.24) is 14.7 Å². The van der Waals surface area contributed by atoms with Gasteiger partial charge in [-0.15, -0.1) is 0 Å². The molecule has 0 atom stereocenters. The van der Waals surface area contributed by atoms with Crippen molar-refractivity contribution in [2.75, 3.05) is 23.7 Å². The molecule has 7 nitrogen and oxygen atoms in total. The van der Waals surface area contributed by atoms with E-state index in [1.54, 1.807) is 4.68 Å². The van der Waals surface area contributed by atoms with E-state index in [-0.39, 0.29) is 17.4 Å². The first-order valence-electron chi connectivity index (χ1n) is 15.7. The highest BCUT2D eigenvalue weighted by atomic mass is 16.2. The van der Waals surface area contributed by atoms with Crippen LogP contribution in [0.4, 0.5) is 16.3 Å². The molecule has 4 aromatic rings.